The minimum absolute atomic E-state index is 0.210. The van der Waals surface area contributed by atoms with Gasteiger partial charge in [0.05, 0.1) is 40.9 Å². The number of alkyl halides is 3. The lowest BCUT2D eigenvalue weighted by atomic mass is 10.0. The lowest BCUT2D eigenvalue weighted by Crippen LogP contribution is -2.10. The van der Waals surface area contributed by atoms with Crippen LogP contribution < -0.4 is 9.47 Å². The number of benzene rings is 3. The number of aromatic amines is 2. The molecule has 0 unspecified atom stereocenters. The molecule has 3 aromatic heterocycles. The first-order valence-electron chi connectivity index (χ1n) is 15.5. The van der Waals surface area contributed by atoms with Gasteiger partial charge in [-0.3, -0.25) is 0 Å². The first-order chi connectivity index (χ1) is 23.9. The zero-order valence-electron chi connectivity index (χ0n) is 26.0. The van der Waals surface area contributed by atoms with Gasteiger partial charge in [-0.15, -0.1) is 0 Å². The Kier molecular flexibility index (Phi) is 7.37. The van der Waals surface area contributed by atoms with E-state index in [2.05, 4.69) is 19.9 Å². The Morgan fingerprint density at radius 1 is 0.510 bits per heavy atom. The molecule has 8 bridgehead atoms. The molecule has 8 rings (SSSR count). The van der Waals surface area contributed by atoms with Crippen molar-refractivity contribution >= 4 is 46.4 Å². The number of fused-ring (bicyclic) bond motifs is 8. The maximum absolute atomic E-state index is 14.9. The monoisotopic (exact) mass is 652 g/mol. The molecule has 0 saturated carbocycles. The number of halogens is 3. The largest absolute Gasteiger partial charge is 0.497 e. The van der Waals surface area contributed by atoms with Crippen LogP contribution in [0.25, 0.3) is 68.6 Å². The third-order valence-electron chi connectivity index (χ3n) is 8.39. The maximum atomic E-state index is 14.9. The normalized spacial score (nSPS) is 12.3. The van der Waals surface area contributed by atoms with Gasteiger partial charge in [0.15, 0.2) is 5.75 Å². The van der Waals surface area contributed by atoms with Gasteiger partial charge in [0.25, 0.3) is 0 Å². The van der Waals surface area contributed by atoms with Crippen LogP contribution in [0.1, 0.15) is 28.3 Å². The average molecular weight is 653 g/mol. The lowest BCUT2D eigenvalue weighted by molar-refractivity contribution is -0.138. The number of ether oxygens (including phenoxy) is 2. The Hall–Kier alpha value is -6.35. The molecule has 6 aromatic rings. The number of hydrogen-bond acceptors (Lipinski definition) is 4. The summed E-state index contributed by atoms with van der Waals surface area (Å²) >= 11 is 0. The molecule has 2 aliphatic rings. The summed E-state index contributed by atoms with van der Waals surface area (Å²) in [6, 6.07) is 33.7. The van der Waals surface area contributed by atoms with Gasteiger partial charge in [-0.25, -0.2) is 9.97 Å². The molecule has 0 atom stereocenters. The standard InChI is InChI=1S/C40H27F3N4O2/c1-48-26-12-14-27(15-13-26)49-39-34-22-18-30(46-34)36(24-8-4-2-5-9-24)28-16-20-32(44-28)38(40(41,42)43)33-21-17-29(45-33)37(25-10-6-3-7-11-25)31-19-23-35(39)47-31/h2-23,46-47H,1H3. The van der Waals surface area contributed by atoms with E-state index in [1.165, 1.54) is 12.2 Å². The average Bonchev–Trinajstić information content (AvgIpc) is 3.94. The van der Waals surface area contributed by atoms with Crippen molar-refractivity contribution in [1.29, 1.82) is 0 Å². The minimum atomic E-state index is -4.72. The summed E-state index contributed by atoms with van der Waals surface area (Å²) in [5, 5.41) is 0. The van der Waals surface area contributed by atoms with Crippen molar-refractivity contribution in [2.75, 3.05) is 7.11 Å². The van der Waals surface area contributed by atoms with Crippen LogP contribution in [0.4, 0.5) is 13.2 Å². The number of nitrogens with one attached hydrogen (secondary N) is 2. The molecule has 0 radical (unpaired) electrons. The van der Waals surface area contributed by atoms with Crippen molar-refractivity contribution in [3.63, 3.8) is 0 Å². The van der Waals surface area contributed by atoms with Gasteiger partial charge >= 0.3 is 6.18 Å². The highest BCUT2D eigenvalue weighted by atomic mass is 19.4. The van der Waals surface area contributed by atoms with Crippen LogP contribution in [0.3, 0.4) is 0 Å². The van der Waals surface area contributed by atoms with E-state index in [4.69, 9.17) is 9.47 Å². The number of rotatable bonds is 5. The summed E-state index contributed by atoms with van der Waals surface area (Å²) in [7, 11) is 1.60. The van der Waals surface area contributed by atoms with Crippen LogP contribution in [-0.4, -0.2) is 27.0 Å². The SMILES string of the molecule is COc1ccc(Oc2c3ccc([nH]3)c(-c3ccccc3)c3nc(c(C(F)(F)F)c4nc(c(-c5ccccc5)c5ccc2[nH]5)C=C4)C=C3)cc1. The van der Waals surface area contributed by atoms with E-state index < -0.39 is 11.7 Å². The van der Waals surface area contributed by atoms with Gasteiger partial charge in [-0.2, -0.15) is 13.2 Å². The minimum Gasteiger partial charge on any atom is -0.497 e. The summed E-state index contributed by atoms with van der Waals surface area (Å²) < 4.78 is 56.5. The summed E-state index contributed by atoms with van der Waals surface area (Å²) in [6.45, 7) is 0. The van der Waals surface area contributed by atoms with Gasteiger partial charge in [0, 0.05) is 22.2 Å². The Balaban J connectivity index is 1.52. The van der Waals surface area contributed by atoms with Crippen molar-refractivity contribution in [2.24, 2.45) is 0 Å². The number of H-pyrrole nitrogens is 2. The fourth-order valence-electron chi connectivity index (χ4n) is 6.16. The van der Waals surface area contributed by atoms with E-state index in [1.807, 2.05) is 109 Å². The van der Waals surface area contributed by atoms with Gasteiger partial charge in [-0.05, 0) is 84.0 Å². The van der Waals surface area contributed by atoms with E-state index in [0.29, 0.717) is 61.8 Å². The van der Waals surface area contributed by atoms with Crippen LogP contribution in [0, 0.1) is 0 Å². The second kappa shape index (κ2) is 12.0. The first-order valence-corrected chi connectivity index (χ1v) is 15.5. The van der Waals surface area contributed by atoms with E-state index in [1.54, 1.807) is 19.3 Å². The van der Waals surface area contributed by atoms with Crippen molar-refractivity contribution < 1.29 is 22.6 Å². The Morgan fingerprint density at radius 3 is 1.39 bits per heavy atom. The molecule has 2 aliphatic heterocycles. The lowest BCUT2D eigenvalue weighted by Gasteiger charge is -2.09. The van der Waals surface area contributed by atoms with Gasteiger partial charge in [0.1, 0.15) is 17.1 Å². The Morgan fingerprint density at radius 2 is 0.939 bits per heavy atom. The second-order valence-corrected chi connectivity index (χ2v) is 11.5. The smallest absolute Gasteiger partial charge is 0.420 e. The molecule has 0 saturated heterocycles. The van der Waals surface area contributed by atoms with Crippen molar-refractivity contribution in [2.45, 2.75) is 6.18 Å². The number of aromatic nitrogens is 4. The molecule has 49 heavy (non-hydrogen) atoms. The van der Waals surface area contributed by atoms with Crippen molar-refractivity contribution in [1.82, 2.24) is 19.9 Å². The maximum Gasteiger partial charge on any atom is 0.420 e. The van der Waals surface area contributed by atoms with Crippen LogP contribution in [-0.2, 0) is 6.18 Å². The number of methoxy groups -OCH3 is 1. The van der Waals surface area contributed by atoms with E-state index in [0.717, 1.165) is 11.1 Å². The summed E-state index contributed by atoms with van der Waals surface area (Å²) in [4.78, 5) is 16.1. The predicted octanol–water partition coefficient (Wildman–Crippen LogP) is 10.8. The molecule has 0 spiro atoms. The molecule has 2 N–H and O–H groups in total. The highest BCUT2D eigenvalue weighted by molar-refractivity contribution is 5.95. The Bertz CT molecular complexity index is 2290. The van der Waals surface area contributed by atoms with Gasteiger partial charge in [-0.1, -0.05) is 60.7 Å². The van der Waals surface area contributed by atoms with Crippen LogP contribution in [0.15, 0.2) is 109 Å². The topological polar surface area (TPSA) is 75.8 Å². The third kappa shape index (κ3) is 5.65. The quantitative estimate of drug-likeness (QED) is 0.194. The molecule has 9 heteroatoms. The fourth-order valence-corrected chi connectivity index (χ4v) is 6.16. The van der Waals surface area contributed by atoms with Crippen LogP contribution in [0.2, 0.25) is 0 Å². The highest BCUT2D eigenvalue weighted by Crippen LogP contribution is 2.40. The highest BCUT2D eigenvalue weighted by Gasteiger charge is 2.37. The molecular weight excluding hydrogens is 625 g/mol. The van der Waals surface area contributed by atoms with E-state index in [9.17, 15) is 13.2 Å². The zero-order chi connectivity index (χ0) is 33.5. The van der Waals surface area contributed by atoms with E-state index in [-0.39, 0.29) is 11.4 Å². The molecule has 0 aliphatic carbocycles. The third-order valence-corrected chi connectivity index (χ3v) is 8.39. The summed E-state index contributed by atoms with van der Waals surface area (Å²) in [5.41, 5.74) is 4.87. The van der Waals surface area contributed by atoms with E-state index >= 15 is 0 Å². The summed E-state index contributed by atoms with van der Waals surface area (Å²) in [5.74, 6) is 1.78. The van der Waals surface area contributed by atoms with Crippen LogP contribution >= 0.6 is 0 Å². The predicted molar refractivity (Wildman–Crippen MR) is 188 cm³/mol. The molecule has 0 amide bonds. The summed E-state index contributed by atoms with van der Waals surface area (Å²) in [6.07, 6.45) is 1.32. The van der Waals surface area contributed by atoms with Gasteiger partial charge in [0.2, 0.25) is 0 Å². The number of nitrogens with zero attached hydrogens (tertiary/aromatic N) is 2. The second-order valence-electron chi connectivity index (χ2n) is 11.5. The zero-order valence-corrected chi connectivity index (χ0v) is 26.0. The molecule has 5 heterocycles. The number of hydrogen-bond donors (Lipinski definition) is 2. The molecular formula is C40H27F3N4O2. The molecule has 6 nitrogen and oxygen atoms in total. The first kappa shape index (κ1) is 30.0. The molecule has 0 fully saturated rings. The molecule has 240 valence electrons. The van der Waals surface area contributed by atoms with Crippen molar-refractivity contribution in [3.8, 4) is 39.5 Å². The van der Waals surface area contributed by atoms with Crippen LogP contribution in [0.5, 0.6) is 17.2 Å². The Labute approximate surface area is 278 Å². The van der Waals surface area contributed by atoms with Crippen molar-refractivity contribution in [3.05, 3.63) is 138 Å². The molecule has 3 aromatic carbocycles. The fraction of sp³-hybridized carbons (Fsp3) is 0.0500. The van der Waals surface area contributed by atoms with Gasteiger partial charge < -0.3 is 19.4 Å².